The molecule has 1 unspecified atom stereocenters. The van der Waals surface area contributed by atoms with Gasteiger partial charge in [-0.3, -0.25) is 0 Å². The largest absolute Gasteiger partial charge is 0.351 e. The van der Waals surface area contributed by atoms with Gasteiger partial charge in [0.15, 0.2) is 5.65 Å². The monoisotopic (exact) mass is 414 g/mol. The zero-order chi connectivity index (χ0) is 20.7. The number of rotatable bonds is 5. The number of allylic oxidation sites excluding steroid dienone is 1. The standard InChI is InChI=1S/C22H24F2N6.2H2/c1-14(23)19-12-25-20-8-7-18(29-30(19)20)15-5-6-17-16(15)11-26-21(28-17)27-13-22(24)9-3-2-4-10-22;;/h5,7-8,11-12,14H,2-4,6,9-10,13H2,1H3,(H,26,27,28);2*1H. The van der Waals surface area contributed by atoms with Gasteiger partial charge in [0.25, 0.3) is 0 Å². The summed E-state index contributed by atoms with van der Waals surface area (Å²) in [5.41, 5.74) is 3.27. The van der Waals surface area contributed by atoms with Crippen LogP contribution in [0, 0.1) is 0 Å². The maximum Gasteiger partial charge on any atom is 0.223 e. The minimum Gasteiger partial charge on any atom is -0.351 e. The maximum atomic E-state index is 14.8. The zero-order valence-corrected chi connectivity index (χ0v) is 16.9. The van der Waals surface area contributed by atoms with Crippen molar-refractivity contribution in [2.45, 2.75) is 57.3 Å². The molecular weight excluding hydrogens is 386 g/mol. The Morgan fingerprint density at radius 3 is 2.83 bits per heavy atom. The Bertz CT molecular complexity index is 1120. The molecule has 1 N–H and O–H groups in total. The fourth-order valence-corrected chi connectivity index (χ4v) is 4.34. The number of hydrogen-bond acceptors (Lipinski definition) is 5. The van der Waals surface area contributed by atoms with E-state index in [1.165, 1.54) is 13.1 Å². The first-order valence-electron chi connectivity index (χ1n) is 10.5. The highest BCUT2D eigenvalue weighted by Crippen LogP contribution is 2.33. The van der Waals surface area contributed by atoms with Crippen molar-refractivity contribution in [2.75, 3.05) is 11.9 Å². The molecule has 0 amide bonds. The van der Waals surface area contributed by atoms with E-state index in [2.05, 4.69) is 25.4 Å². The fraction of sp³-hybridized carbons (Fsp3) is 0.455. The van der Waals surface area contributed by atoms with Gasteiger partial charge in [-0.2, -0.15) is 5.10 Å². The van der Waals surface area contributed by atoms with Crippen LogP contribution in [0.2, 0.25) is 0 Å². The van der Waals surface area contributed by atoms with Crippen LogP contribution in [0.4, 0.5) is 14.7 Å². The Labute approximate surface area is 176 Å². The molecular formula is C22H28F2N6. The SMILES string of the molecule is CC(F)c1cnc2ccc(C3=CCc4nc(NCC5(F)CCCCC5)ncc43)nn12.[HH].[HH]. The van der Waals surface area contributed by atoms with Crippen LogP contribution < -0.4 is 5.32 Å². The summed E-state index contributed by atoms with van der Waals surface area (Å²) >= 11 is 0. The highest BCUT2D eigenvalue weighted by molar-refractivity contribution is 5.82. The Kier molecular flexibility index (Phi) is 4.72. The molecule has 6 nitrogen and oxygen atoms in total. The molecule has 3 aromatic heterocycles. The lowest BCUT2D eigenvalue weighted by molar-refractivity contribution is 0.122. The predicted octanol–water partition coefficient (Wildman–Crippen LogP) is 5.11. The number of nitrogens with one attached hydrogen (secondary N) is 1. The minimum atomic E-state index is -1.17. The first-order chi connectivity index (χ1) is 14.5. The molecule has 3 aromatic rings. The number of alkyl halides is 2. The van der Waals surface area contributed by atoms with Crippen molar-refractivity contribution in [1.82, 2.24) is 24.6 Å². The third-order valence-corrected chi connectivity index (χ3v) is 6.04. The van der Waals surface area contributed by atoms with Gasteiger partial charge in [-0.1, -0.05) is 25.3 Å². The molecule has 5 rings (SSSR count). The van der Waals surface area contributed by atoms with Crippen molar-refractivity contribution in [2.24, 2.45) is 0 Å². The summed E-state index contributed by atoms with van der Waals surface area (Å²) in [5, 5.41) is 7.68. The van der Waals surface area contributed by atoms with Crippen molar-refractivity contribution in [3.63, 3.8) is 0 Å². The molecule has 2 aliphatic carbocycles. The third kappa shape index (κ3) is 3.44. The third-order valence-electron chi connectivity index (χ3n) is 6.04. The lowest BCUT2D eigenvalue weighted by Gasteiger charge is -2.29. The Hall–Kier alpha value is -2.90. The molecule has 0 aromatic carbocycles. The van der Waals surface area contributed by atoms with Gasteiger partial charge >= 0.3 is 0 Å². The van der Waals surface area contributed by atoms with E-state index in [0.717, 1.165) is 41.8 Å². The minimum absolute atomic E-state index is 0. The van der Waals surface area contributed by atoms with Gasteiger partial charge in [-0.05, 0) is 31.9 Å². The Morgan fingerprint density at radius 1 is 1.20 bits per heavy atom. The van der Waals surface area contributed by atoms with Gasteiger partial charge in [0.2, 0.25) is 5.95 Å². The van der Waals surface area contributed by atoms with E-state index in [0.29, 0.717) is 36.6 Å². The summed E-state index contributed by atoms with van der Waals surface area (Å²) < 4.78 is 30.2. The van der Waals surface area contributed by atoms with E-state index in [1.807, 2.05) is 18.2 Å². The average Bonchev–Trinajstić information content (AvgIpc) is 3.36. The molecule has 1 saturated carbocycles. The number of fused-ring (bicyclic) bond motifs is 2. The summed E-state index contributed by atoms with van der Waals surface area (Å²) in [6, 6.07) is 3.70. The smallest absolute Gasteiger partial charge is 0.223 e. The van der Waals surface area contributed by atoms with Gasteiger partial charge in [0, 0.05) is 26.6 Å². The van der Waals surface area contributed by atoms with E-state index >= 15 is 0 Å². The molecule has 30 heavy (non-hydrogen) atoms. The van der Waals surface area contributed by atoms with Crippen molar-refractivity contribution in [1.29, 1.82) is 0 Å². The van der Waals surface area contributed by atoms with Crippen LogP contribution in [-0.4, -0.2) is 36.8 Å². The zero-order valence-electron chi connectivity index (χ0n) is 16.9. The highest BCUT2D eigenvalue weighted by atomic mass is 19.1. The van der Waals surface area contributed by atoms with E-state index in [1.54, 1.807) is 10.7 Å². The first kappa shape index (κ1) is 19.1. The number of aromatic nitrogens is 5. The van der Waals surface area contributed by atoms with Crippen LogP contribution >= 0.6 is 0 Å². The molecule has 160 valence electrons. The molecule has 0 radical (unpaired) electrons. The number of hydrogen-bond donors (Lipinski definition) is 1. The van der Waals surface area contributed by atoms with Crippen LogP contribution in [0.1, 0.15) is 70.7 Å². The normalized spacial score (nSPS) is 18.8. The summed E-state index contributed by atoms with van der Waals surface area (Å²) in [4.78, 5) is 13.2. The van der Waals surface area contributed by atoms with E-state index in [9.17, 15) is 8.78 Å². The van der Waals surface area contributed by atoms with Gasteiger partial charge in [0.1, 0.15) is 11.8 Å². The highest BCUT2D eigenvalue weighted by Gasteiger charge is 2.31. The van der Waals surface area contributed by atoms with Gasteiger partial charge in [-0.15, -0.1) is 0 Å². The van der Waals surface area contributed by atoms with Crippen LogP contribution in [0.25, 0.3) is 11.2 Å². The van der Waals surface area contributed by atoms with Crippen LogP contribution in [0.5, 0.6) is 0 Å². The second-order valence-electron chi connectivity index (χ2n) is 8.23. The summed E-state index contributed by atoms with van der Waals surface area (Å²) in [7, 11) is 0. The number of halogens is 2. The van der Waals surface area contributed by atoms with Gasteiger partial charge < -0.3 is 5.32 Å². The molecule has 1 fully saturated rings. The molecule has 0 aliphatic heterocycles. The maximum absolute atomic E-state index is 14.8. The van der Waals surface area contributed by atoms with Crippen molar-refractivity contribution in [3.05, 3.63) is 53.2 Å². The molecule has 1 atom stereocenters. The van der Waals surface area contributed by atoms with Crippen molar-refractivity contribution in [3.8, 4) is 0 Å². The van der Waals surface area contributed by atoms with E-state index < -0.39 is 11.8 Å². The summed E-state index contributed by atoms with van der Waals surface area (Å²) in [5.74, 6) is 0.456. The lowest BCUT2D eigenvalue weighted by atomic mass is 9.86. The molecule has 3 heterocycles. The second kappa shape index (κ2) is 7.41. The number of anilines is 1. The summed E-state index contributed by atoms with van der Waals surface area (Å²) in [6.45, 7) is 1.72. The molecule has 0 spiro atoms. The van der Waals surface area contributed by atoms with Crippen LogP contribution in [0.3, 0.4) is 0 Å². The number of nitrogens with zero attached hydrogens (tertiary/aromatic N) is 5. The summed E-state index contributed by atoms with van der Waals surface area (Å²) in [6.07, 6.45) is 8.99. The molecule has 0 saturated heterocycles. The first-order valence-corrected chi connectivity index (χ1v) is 10.5. The fourth-order valence-electron chi connectivity index (χ4n) is 4.34. The molecule has 0 bridgehead atoms. The topological polar surface area (TPSA) is 68.0 Å². The van der Waals surface area contributed by atoms with E-state index in [-0.39, 0.29) is 9.40 Å². The quantitative estimate of drug-likeness (QED) is 0.628. The lowest BCUT2D eigenvalue weighted by Crippen LogP contribution is -2.34. The Balaban J connectivity index is 0.00000144. The second-order valence-corrected chi connectivity index (χ2v) is 8.23. The number of imidazole rings is 1. The van der Waals surface area contributed by atoms with Crippen LogP contribution in [0.15, 0.2) is 30.6 Å². The van der Waals surface area contributed by atoms with Crippen molar-refractivity contribution < 1.29 is 11.6 Å². The van der Waals surface area contributed by atoms with Crippen LogP contribution in [-0.2, 0) is 6.42 Å². The molecule has 8 heteroatoms. The average molecular weight is 415 g/mol. The van der Waals surface area contributed by atoms with Gasteiger partial charge in [0.05, 0.1) is 29.8 Å². The van der Waals surface area contributed by atoms with Crippen molar-refractivity contribution >= 4 is 17.2 Å². The van der Waals surface area contributed by atoms with Gasteiger partial charge in [-0.25, -0.2) is 28.2 Å². The predicted molar refractivity (Wildman–Crippen MR) is 115 cm³/mol. The van der Waals surface area contributed by atoms with E-state index in [4.69, 9.17) is 0 Å². The Morgan fingerprint density at radius 2 is 2.03 bits per heavy atom. The molecule has 2 aliphatic rings.